The van der Waals surface area contributed by atoms with Gasteiger partial charge in [-0.3, -0.25) is 4.90 Å². The van der Waals surface area contributed by atoms with Crippen molar-refractivity contribution in [3.63, 3.8) is 0 Å². The second kappa shape index (κ2) is 5.35. The number of benzene rings is 1. The summed E-state index contributed by atoms with van der Waals surface area (Å²) in [5, 5.41) is 1.18. The lowest BCUT2D eigenvalue weighted by molar-refractivity contribution is 0.142. The first-order valence-electron chi connectivity index (χ1n) is 6.90. The molecule has 0 saturated heterocycles. The lowest BCUT2D eigenvalue weighted by Crippen LogP contribution is -2.39. The molecule has 2 aromatic rings. The summed E-state index contributed by atoms with van der Waals surface area (Å²) in [5.41, 5.74) is 8.15. The van der Waals surface area contributed by atoms with Crippen LogP contribution >= 0.6 is 0 Å². The fourth-order valence-corrected chi connectivity index (χ4v) is 2.21. The van der Waals surface area contributed by atoms with Gasteiger partial charge in [-0.1, -0.05) is 25.1 Å². The number of furan rings is 1. The quantitative estimate of drug-likeness (QED) is 0.894. The average molecular weight is 260 g/mol. The van der Waals surface area contributed by atoms with Crippen molar-refractivity contribution < 1.29 is 4.42 Å². The second-order valence-electron chi connectivity index (χ2n) is 5.73. The molecule has 3 nitrogen and oxygen atoms in total. The van der Waals surface area contributed by atoms with E-state index < -0.39 is 0 Å². The fraction of sp³-hybridized carbons (Fsp3) is 0.500. The molecule has 0 atom stereocenters. The van der Waals surface area contributed by atoms with Crippen LogP contribution in [0.2, 0.25) is 0 Å². The highest BCUT2D eigenvalue weighted by Crippen LogP contribution is 2.29. The summed E-state index contributed by atoms with van der Waals surface area (Å²) < 4.78 is 5.84. The molecular weight excluding hydrogens is 236 g/mol. The van der Waals surface area contributed by atoms with Gasteiger partial charge in [-0.25, -0.2) is 0 Å². The topological polar surface area (TPSA) is 42.4 Å². The molecule has 0 saturated carbocycles. The van der Waals surface area contributed by atoms with Gasteiger partial charge in [-0.05, 0) is 33.4 Å². The van der Waals surface area contributed by atoms with Gasteiger partial charge in [0.05, 0.1) is 6.54 Å². The van der Waals surface area contributed by atoms with E-state index in [4.69, 9.17) is 10.2 Å². The van der Waals surface area contributed by atoms with E-state index in [-0.39, 0.29) is 5.54 Å². The van der Waals surface area contributed by atoms with Crippen LogP contribution in [0, 0.1) is 0 Å². The Labute approximate surface area is 115 Å². The summed E-state index contributed by atoms with van der Waals surface area (Å²) >= 11 is 0. The van der Waals surface area contributed by atoms with Crippen molar-refractivity contribution in [1.82, 2.24) is 4.90 Å². The Hall–Kier alpha value is -1.32. The maximum atomic E-state index is 5.84. The maximum Gasteiger partial charge on any atom is 0.134 e. The molecule has 0 unspecified atom stereocenters. The number of nitrogens with zero attached hydrogens (tertiary/aromatic N) is 1. The third-order valence-electron chi connectivity index (χ3n) is 4.26. The number of hydrogen-bond donors (Lipinski definition) is 1. The van der Waals surface area contributed by atoms with Crippen molar-refractivity contribution in [2.75, 3.05) is 7.05 Å². The molecule has 1 aromatic heterocycles. The van der Waals surface area contributed by atoms with Gasteiger partial charge in [0, 0.05) is 23.0 Å². The van der Waals surface area contributed by atoms with Crippen LogP contribution in [0.1, 0.15) is 38.5 Å². The van der Waals surface area contributed by atoms with E-state index in [0.29, 0.717) is 6.54 Å². The van der Waals surface area contributed by atoms with Crippen LogP contribution in [0.5, 0.6) is 0 Å². The van der Waals surface area contributed by atoms with Crippen LogP contribution in [-0.2, 0) is 13.1 Å². The minimum absolute atomic E-state index is 0.171. The van der Waals surface area contributed by atoms with Crippen LogP contribution in [0.25, 0.3) is 11.0 Å². The van der Waals surface area contributed by atoms with Crippen LogP contribution in [0.15, 0.2) is 28.7 Å². The molecule has 0 aliphatic rings. The number of hydrogen-bond acceptors (Lipinski definition) is 3. The molecule has 1 aromatic carbocycles. The number of nitrogens with two attached hydrogens (primary N) is 1. The van der Waals surface area contributed by atoms with Gasteiger partial charge in [0.2, 0.25) is 0 Å². The van der Waals surface area contributed by atoms with Crippen LogP contribution in [0.4, 0.5) is 0 Å². The van der Waals surface area contributed by atoms with Crippen molar-refractivity contribution in [3.05, 3.63) is 35.6 Å². The van der Waals surface area contributed by atoms with Crippen molar-refractivity contribution in [2.45, 2.75) is 45.8 Å². The Morgan fingerprint density at radius 2 is 1.95 bits per heavy atom. The summed E-state index contributed by atoms with van der Waals surface area (Å²) in [7, 11) is 2.16. The van der Waals surface area contributed by atoms with Gasteiger partial charge in [0.15, 0.2) is 0 Å². The van der Waals surface area contributed by atoms with E-state index in [9.17, 15) is 0 Å². The van der Waals surface area contributed by atoms with Gasteiger partial charge in [-0.2, -0.15) is 0 Å². The van der Waals surface area contributed by atoms with Gasteiger partial charge < -0.3 is 10.2 Å². The molecule has 0 amide bonds. The van der Waals surface area contributed by atoms with Gasteiger partial charge in [0.1, 0.15) is 11.3 Å². The SMILES string of the molecule is CCC(C)(C)N(C)Cc1c(CN)oc2ccccc12. The molecule has 0 bridgehead atoms. The first kappa shape index (κ1) is 14.1. The van der Waals surface area contributed by atoms with E-state index in [2.05, 4.69) is 38.8 Å². The molecule has 0 spiro atoms. The van der Waals surface area contributed by atoms with Crippen molar-refractivity contribution in [3.8, 4) is 0 Å². The molecule has 2 N–H and O–H groups in total. The predicted molar refractivity (Wildman–Crippen MR) is 79.9 cm³/mol. The zero-order chi connectivity index (χ0) is 14.0. The third kappa shape index (κ3) is 2.67. The Bertz CT molecular complexity index is 557. The molecule has 0 fully saturated rings. The first-order valence-corrected chi connectivity index (χ1v) is 6.90. The smallest absolute Gasteiger partial charge is 0.134 e. The Balaban J connectivity index is 2.39. The monoisotopic (exact) mass is 260 g/mol. The minimum atomic E-state index is 0.171. The Kier molecular flexibility index (Phi) is 3.97. The minimum Gasteiger partial charge on any atom is -0.459 e. The Morgan fingerprint density at radius 1 is 1.26 bits per heavy atom. The van der Waals surface area contributed by atoms with Crippen LogP contribution in [-0.4, -0.2) is 17.5 Å². The van der Waals surface area contributed by atoms with E-state index in [1.54, 1.807) is 0 Å². The number of fused-ring (bicyclic) bond motifs is 1. The normalized spacial score (nSPS) is 12.5. The maximum absolute atomic E-state index is 5.84. The van der Waals surface area contributed by atoms with Crippen LogP contribution < -0.4 is 5.73 Å². The van der Waals surface area contributed by atoms with Crippen molar-refractivity contribution in [2.24, 2.45) is 5.73 Å². The highest BCUT2D eigenvalue weighted by molar-refractivity contribution is 5.82. The number of para-hydroxylation sites is 1. The van der Waals surface area contributed by atoms with E-state index >= 15 is 0 Å². The van der Waals surface area contributed by atoms with E-state index in [1.165, 1.54) is 10.9 Å². The molecule has 0 radical (unpaired) electrons. The first-order chi connectivity index (χ1) is 8.99. The van der Waals surface area contributed by atoms with Crippen LogP contribution in [0.3, 0.4) is 0 Å². The van der Waals surface area contributed by atoms with E-state index in [0.717, 1.165) is 24.3 Å². The predicted octanol–water partition coefficient (Wildman–Crippen LogP) is 3.51. The Morgan fingerprint density at radius 3 is 2.58 bits per heavy atom. The van der Waals surface area contributed by atoms with Crippen molar-refractivity contribution in [1.29, 1.82) is 0 Å². The molecule has 3 heteroatoms. The molecule has 104 valence electrons. The zero-order valence-electron chi connectivity index (χ0n) is 12.4. The summed E-state index contributed by atoms with van der Waals surface area (Å²) in [6, 6.07) is 8.16. The summed E-state index contributed by atoms with van der Waals surface area (Å²) in [6.07, 6.45) is 1.11. The van der Waals surface area contributed by atoms with Crippen molar-refractivity contribution >= 4 is 11.0 Å². The van der Waals surface area contributed by atoms with Gasteiger partial charge in [-0.15, -0.1) is 0 Å². The third-order valence-corrected chi connectivity index (χ3v) is 4.26. The molecule has 0 aliphatic carbocycles. The van der Waals surface area contributed by atoms with Gasteiger partial charge in [0.25, 0.3) is 0 Å². The lowest BCUT2D eigenvalue weighted by Gasteiger charge is -2.34. The van der Waals surface area contributed by atoms with E-state index in [1.807, 2.05) is 18.2 Å². The number of rotatable bonds is 5. The highest BCUT2D eigenvalue weighted by atomic mass is 16.3. The molecule has 19 heavy (non-hydrogen) atoms. The largest absolute Gasteiger partial charge is 0.459 e. The molecular formula is C16H24N2O. The lowest BCUT2D eigenvalue weighted by atomic mass is 9.98. The second-order valence-corrected chi connectivity index (χ2v) is 5.73. The summed E-state index contributed by atoms with van der Waals surface area (Å²) in [5.74, 6) is 0.903. The molecule has 2 rings (SSSR count). The standard InChI is InChI=1S/C16H24N2O/c1-5-16(2,3)18(4)11-13-12-8-6-7-9-14(12)19-15(13)10-17/h6-9H,5,10-11,17H2,1-4H3. The summed E-state index contributed by atoms with van der Waals surface area (Å²) in [6.45, 7) is 8.05. The van der Waals surface area contributed by atoms with Gasteiger partial charge >= 0.3 is 0 Å². The molecule has 0 aliphatic heterocycles. The molecule has 1 heterocycles. The summed E-state index contributed by atoms with van der Waals surface area (Å²) in [4.78, 5) is 2.36. The average Bonchev–Trinajstić information content (AvgIpc) is 2.77. The fourth-order valence-electron chi connectivity index (χ4n) is 2.21. The zero-order valence-corrected chi connectivity index (χ0v) is 12.4. The highest BCUT2D eigenvalue weighted by Gasteiger charge is 2.23.